The largest absolute Gasteiger partial charge is 0.424 e. The van der Waals surface area contributed by atoms with Gasteiger partial charge in [-0.05, 0) is 48.5 Å². The van der Waals surface area contributed by atoms with E-state index in [1.165, 1.54) is 25.1 Å². The van der Waals surface area contributed by atoms with Gasteiger partial charge in [0.25, 0.3) is 5.91 Å². The van der Waals surface area contributed by atoms with Gasteiger partial charge in [0, 0.05) is 30.7 Å². The molecule has 2 amide bonds. The van der Waals surface area contributed by atoms with Gasteiger partial charge in [-0.2, -0.15) is 0 Å². The second-order valence-electron chi connectivity index (χ2n) is 6.43. The number of ether oxygens (including phenoxy) is 1. The van der Waals surface area contributed by atoms with Crippen LogP contribution in [0.3, 0.4) is 0 Å². The summed E-state index contributed by atoms with van der Waals surface area (Å²) in [4.78, 5) is 32.1. The molecule has 1 heterocycles. The lowest BCUT2D eigenvalue weighted by Gasteiger charge is -2.13. The summed E-state index contributed by atoms with van der Waals surface area (Å²) in [5.41, 5.74) is 0.912. The molecule has 0 unspecified atom stereocenters. The predicted octanol–water partition coefficient (Wildman–Crippen LogP) is 2.85. The summed E-state index contributed by atoms with van der Waals surface area (Å²) in [6, 6.07) is 12.6. The summed E-state index contributed by atoms with van der Waals surface area (Å²) < 4.78 is 31.1. The minimum absolute atomic E-state index is 0.0367. The fourth-order valence-electron chi connectivity index (χ4n) is 2.55. The SMILES string of the molecule is CC(=O)Nc1ccc(NS(C)(=O)=O)c(C(=O)Nc2ccc(Oc3ncccn3)cc2)c1. The molecular weight excluding hydrogens is 422 g/mol. The first-order valence-corrected chi connectivity index (χ1v) is 10.8. The van der Waals surface area contributed by atoms with Gasteiger partial charge in [-0.1, -0.05) is 0 Å². The maximum atomic E-state index is 12.8. The lowest BCUT2D eigenvalue weighted by Crippen LogP contribution is -2.18. The molecule has 0 saturated carbocycles. The quantitative estimate of drug-likeness (QED) is 0.512. The van der Waals surface area contributed by atoms with Crippen molar-refractivity contribution in [2.45, 2.75) is 6.92 Å². The van der Waals surface area contributed by atoms with Crippen LogP contribution in [-0.4, -0.2) is 36.5 Å². The Balaban J connectivity index is 1.80. The Kier molecular flexibility index (Phi) is 6.46. The summed E-state index contributed by atoms with van der Waals surface area (Å²) >= 11 is 0. The van der Waals surface area contributed by atoms with Crippen molar-refractivity contribution < 1.29 is 22.7 Å². The average molecular weight is 441 g/mol. The summed E-state index contributed by atoms with van der Waals surface area (Å²) in [7, 11) is -3.62. The number of carbonyl (C=O) groups excluding carboxylic acids is 2. The van der Waals surface area contributed by atoms with Crippen molar-refractivity contribution in [3.8, 4) is 11.8 Å². The minimum Gasteiger partial charge on any atom is -0.424 e. The van der Waals surface area contributed by atoms with Crippen LogP contribution in [0.5, 0.6) is 11.8 Å². The third-order valence-electron chi connectivity index (χ3n) is 3.74. The molecule has 0 spiro atoms. The molecule has 3 N–H and O–H groups in total. The molecule has 1 aromatic heterocycles. The van der Waals surface area contributed by atoms with Gasteiger partial charge in [0.2, 0.25) is 15.9 Å². The van der Waals surface area contributed by atoms with Crippen LogP contribution in [0.25, 0.3) is 0 Å². The molecule has 0 fully saturated rings. The van der Waals surface area contributed by atoms with E-state index in [-0.39, 0.29) is 23.2 Å². The van der Waals surface area contributed by atoms with Crippen molar-refractivity contribution in [2.24, 2.45) is 0 Å². The Hall–Kier alpha value is -3.99. The zero-order chi connectivity index (χ0) is 22.4. The van der Waals surface area contributed by atoms with Crippen molar-refractivity contribution in [1.29, 1.82) is 0 Å². The standard InChI is InChI=1S/C20H19N5O5S/c1-13(26)23-15-6-9-18(25-31(2,28)29)17(12-15)19(27)24-14-4-7-16(8-5-14)30-20-21-10-3-11-22-20/h3-12,25H,1-2H3,(H,23,26)(H,24,27). The number of rotatable bonds is 7. The molecule has 0 radical (unpaired) electrons. The third-order valence-corrected chi connectivity index (χ3v) is 4.33. The molecule has 0 atom stereocenters. The predicted molar refractivity (Wildman–Crippen MR) is 116 cm³/mol. The van der Waals surface area contributed by atoms with Gasteiger partial charge in [0.1, 0.15) is 5.75 Å². The van der Waals surface area contributed by atoms with E-state index in [0.717, 1.165) is 6.26 Å². The molecule has 11 heteroatoms. The number of nitrogens with one attached hydrogen (secondary N) is 3. The fraction of sp³-hybridized carbons (Fsp3) is 0.100. The molecule has 3 rings (SSSR count). The first-order valence-electron chi connectivity index (χ1n) is 8.95. The number of carbonyl (C=O) groups is 2. The highest BCUT2D eigenvalue weighted by Gasteiger charge is 2.16. The molecule has 0 aliphatic carbocycles. The topological polar surface area (TPSA) is 139 Å². The summed E-state index contributed by atoms with van der Waals surface area (Å²) in [6.07, 6.45) is 4.08. The Bertz CT molecular complexity index is 1200. The number of amides is 2. The zero-order valence-corrected chi connectivity index (χ0v) is 17.4. The Morgan fingerprint density at radius 2 is 1.58 bits per heavy atom. The highest BCUT2D eigenvalue weighted by molar-refractivity contribution is 7.92. The maximum Gasteiger partial charge on any atom is 0.321 e. The number of nitrogens with zero attached hydrogens (tertiary/aromatic N) is 2. The third kappa shape index (κ3) is 6.51. The first-order chi connectivity index (χ1) is 14.7. The first kappa shape index (κ1) is 21.7. The van der Waals surface area contributed by atoms with Gasteiger partial charge in [0.05, 0.1) is 17.5 Å². The van der Waals surface area contributed by atoms with E-state index in [1.54, 1.807) is 42.7 Å². The number of benzene rings is 2. The molecule has 3 aromatic rings. The average Bonchev–Trinajstić information content (AvgIpc) is 2.70. The molecule has 0 bridgehead atoms. The van der Waals surface area contributed by atoms with Gasteiger partial charge in [-0.25, -0.2) is 18.4 Å². The molecule has 2 aromatic carbocycles. The fourth-order valence-corrected chi connectivity index (χ4v) is 3.13. The van der Waals surface area contributed by atoms with Crippen LogP contribution in [0.4, 0.5) is 17.1 Å². The number of hydrogen-bond acceptors (Lipinski definition) is 7. The van der Waals surface area contributed by atoms with Gasteiger partial charge >= 0.3 is 6.01 Å². The van der Waals surface area contributed by atoms with Crippen molar-refractivity contribution in [3.63, 3.8) is 0 Å². The van der Waals surface area contributed by atoms with Gasteiger partial charge in [-0.15, -0.1) is 0 Å². The lowest BCUT2D eigenvalue weighted by molar-refractivity contribution is -0.114. The van der Waals surface area contributed by atoms with E-state index in [1.807, 2.05) is 0 Å². The van der Waals surface area contributed by atoms with Crippen molar-refractivity contribution in [2.75, 3.05) is 21.6 Å². The van der Waals surface area contributed by atoms with Crippen molar-refractivity contribution in [1.82, 2.24) is 9.97 Å². The second kappa shape index (κ2) is 9.22. The molecule has 0 aliphatic rings. The number of anilines is 3. The number of aromatic nitrogens is 2. The van der Waals surface area contributed by atoms with Gasteiger partial charge in [0.15, 0.2) is 0 Å². The zero-order valence-electron chi connectivity index (χ0n) is 16.6. The maximum absolute atomic E-state index is 12.8. The van der Waals surface area contributed by atoms with Crippen LogP contribution in [0.2, 0.25) is 0 Å². The molecule has 0 aliphatic heterocycles. The van der Waals surface area contributed by atoms with Crippen LogP contribution in [0.15, 0.2) is 60.9 Å². The number of hydrogen-bond donors (Lipinski definition) is 3. The van der Waals surface area contributed by atoms with E-state index < -0.39 is 15.9 Å². The van der Waals surface area contributed by atoms with E-state index in [2.05, 4.69) is 25.3 Å². The Labute approximate surface area is 178 Å². The highest BCUT2D eigenvalue weighted by Crippen LogP contribution is 2.24. The monoisotopic (exact) mass is 441 g/mol. The van der Waals surface area contributed by atoms with E-state index in [0.29, 0.717) is 17.1 Å². The normalized spacial score (nSPS) is 10.8. The van der Waals surface area contributed by atoms with Crippen molar-refractivity contribution >= 4 is 38.9 Å². The van der Waals surface area contributed by atoms with Crippen LogP contribution in [-0.2, 0) is 14.8 Å². The second-order valence-corrected chi connectivity index (χ2v) is 8.18. The van der Waals surface area contributed by atoms with Gasteiger partial charge < -0.3 is 15.4 Å². The summed E-state index contributed by atoms with van der Waals surface area (Å²) in [5.74, 6) is -0.428. The molecule has 31 heavy (non-hydrogen) atoms. The van der Waals surface area contributed by atoms with Crippen LogP contribution < -0.4 is 20.1 Å². The minimum atomic E-state index is -3.62. The molecule has 0 saturated heterocycles. The number of sulfonamides is 1. The lowest BCUT2D eigenvalue weighted by atomic mass is 10.1. The Morgan fingerprint density at radius 1 is 0.935 bits per heavy atom. The molecule has 160 valence electrons. The summed E-state index contributed by atoms with van der Waals surface area (Å²) in [6.45, 7) is 1.33. The van der Waals surface area contributed by atoms with Crippen LogP contribution >= 0.6 is 0 Å². The Morgan fingerprint density at radius 3 is 2.19 bits per heavy atom. The summed E-state index contributed by atoms with van der Waals surface area (Å²) in [5, 5.41) is 5.24. The molecule has 10 nitrogen and oxygen atoms in total. The van der Waals surface area contributed by atoms with Crippen LogP contribution in [0, 0.1) is 0 Å². The highest BCUT2D eigenvalue weighted by atomic mass is 32.2. The smallest absolute Gasteiger partial charge is 0.321 e. The molecular formula is C20H19N5O5S. The van der Waals surface area contributed by atoms with Crippen molar-refractivity contribution in [3.05, 3.63) is 66.5 Å². The van der Waals surface area contributed by atoms with E-state index >= 15 is 0 Å². The van der Waals surface area contributed by atoms with E-state index in [9.17, 15) is 18.0 Å². The van der Waals surface area contributed by atoms with E-state index in [4.69, 9.17) is 4.74 Å². The van der Waals surface area contributed by atoms with Gasteiger partial charge in [-0.3, -0.25) is 14.3 Å². The van der Waals surface area contributed by atoms with Crippen LogP contribution in [0.1, 0.15) is 17.3 Å².